The van der Waals surface area contributed by atoms with Crippen LogP contribution in [0, 0.1) is 5.82 Å². The van der Waals surface area contributed by atoms with Crippen molar-refractivity contribution in [3.63, 3.8) is 0 Å². The fourth-order valence-electron chi connectivity index (χ4n) is 3.42. The normalized spacial score (nSPS) is 17.1. The molecule has 0 amide bonds. The molecule has 2 N–H and O–H groups in total. The topological polar surface area (TPSA) is 104 Å². The summed E-state index contributed by atoms with van der Waals surface area (Å²) in [5, 5.41) is 13.9. The van der Waals surface area contributed by atoms with Gasteiger partial charge in [-0.05, 0) is 25.0 Å². The highest BCUT2D eigenvalue weighted by Gasteiger charge is 2.28. The number of H-pyrrole nitrogens is 1. The summed E-state index contributed by atoms with van der Waals surface area (Å²) in [6.07, 6.45) is 4.28. The maximum atomic E-state index is 13.6. The molecule has 0 bridgehead atoms. The second kappa shape index (κ2) is 6.25. The number of carbonyl (C=O) groups is 1. The molecule has 3 aromatic rings. The van der Waals surface area contributed by atoms with Gasteiger partial charge in [-0.1, -0.05) is 0 Å². The molecule has 1 fully saturated rings. The zero-order chi connectivity index (χ0) is 18.3. The zero-order valence-electron chi connectivity index (χ0n) is 13.7. The molecule has 0 spiro atoms. The number of nitrogens with zero attached hydrogens (tertiary/aromatic N) is 4. The number of nitrogens with one attached hydrogen (secondary N) is 1. The fourth-order valence-corrected chi connectivity index (χ4v) is 3.42. The minimum absolute atomic E-state index is 0.0169. The van der Waals surface area contributed by atoms with Gasteiger partial charge in [0.1, 0.15) is 17.3 Å². The summed E-state index contributed by atoms with van der Waals surface area (Å²) in [5.74, 6) is -0.857. The van der Waals surface area contributed by atoms with E-state index in [4.69, 9.17) is 5.11 Å². The Morgan fingerprint density at radius 2 is 2.27 bits per heavy atom. The lowest BCUT2D eigenvalue weighted by molar-refractivity contribution is -0.137. The summed E-state index contributed by atoms with van der Waals surface area (Å²) >= 11 is 0. The predicted octanol–water partition coefficient (Wildman–Crippen LogP) is 1.69. The number of aromatic amines is 1. The van der Waals surface area contributed by atoms with Gasteiger partial charge in [-0.3, -0.25) is 9.59 Å². The van der Waals surface area contributed by atoms with Gasteiger partial charge in [0.05, 0.1) is 18.3 Å². The largest absolute Gasteiger partial charge is 0.481 e. The van der Waals surface area contributed by atoms with E-state index in [1.54, 1.807) is 12.3 Å². The van der Waals surface area contributed by atoms with E-state index >= 15 is 0 Å². The highest BCUT2D eigenvalue weighted by Crippen LogP contribution is 2.26. The quantitative estimate of drug-likeness (QED) is 0.736. The first-order valence-electron chi connectivity index (χ1n) is 8.25. The maximum Gasteiger partial charge on any atom is 0.305 e. The molecule has 1 atom stereocenters. The Kier molecular flexibility index (Phi) is 3.90. The maximum absolute atomic E-state index is 13.6. The van der Waals surface area contributed by atoms with Crippen LogP contribution in [0.4, 0.5) is 10.2 Å². The average Bonchev–Trinajstić information content (AvgIpc) is 3.21. The van der Waals surface area contributed by atoms with Gasteiger partial charge in [-0.25, -0.2) is 9.37 Å². The van der Waals surface area contributed by atoms with Crippen molar-refractivity contribution in [3.8, 4) is 5.69 Å². The summed E-state index contributed by atoms with van der Waals surface area (Å²) in [6, 6.07) is 4.10. The number of carboxylic acids is 1. The van der Waals surface area contributed by atoms with Crippen LogP contribution < -0.4 is 10.5 Å². The van der Waals surface area contributed by atoms with Crippen molar-refractivity contribution < 1.29 is 14.3 Å². The van der Waals surface area contributed by atoms with Crippen molar-refractivity contribution in [1.82, 2.24) is 19.7 Å². The Bertz CT molecular complexity index is 1040. The standard InChI is InChI=1S/C17H16FN5O3/c18-10-6-12-13(9-20-17(12)19-8-10)23-15(24)4-3-14(21-23)22-5-1-2-11(22)7-16(25)26/h3-4,6,8-9,11H,1-2,5,7H2,(H,19,20)(H,25,26). The Hall–Kier alpha value is -3.23. The van der Waals surface area contributed by atoms with E-state index in [0.717, 1.165) is 19.0 Å². The van der Waals surface area contributed by atoms with Crippen molar-refractivity contribution in [2.24, 2.45) is 0 Å². The Balaban J connectivity index is 1.78. The van der Waals surface area contributed by atoms with Crippen molar-refractivity contribution in [1.29, 1.82) is 0 Å². The Labute approximate surface area is 146 Å². The molecule has 134 valence electrons. The Morgan fingerprint density at radius 3 is 3.08 bits per heavy atom. The third kappa shape index (κ3) is 2.81. The van der Waals surface area contributed by atoms with E-state index in [-0.39, 0.29) is 18.0 Å². The van der Waals surface area contributed by atoms with Crippen LogP contribution in [0.5, 0.6) is 0 Å². The minimum atomic E-state index is -0.867. The third-order valence-electron chi connectivity index (χ3n) is 4.57. The lowest BCUT2D eigenvalue weighted by Crippen LogP contribution is -2.34. The molecule has 4 heterocycles. The molecule has 0 saturated carbocycles. The molecule has 8 nitrogen and oxygen atoms in total. The number of carboxylic acid groups (broad SMARTS) is 1. The molecule has 1 saturated heterocycles. The Morgan fingerprint density at radius 1 is 1.42 bits per heavy atom. The molecule has 3 aromatic heterocycles. The molecule has 9 heteroatoms. The van der Waals surface area contributed by atoms with Crippen LogP contribution in [0.15, 0.2) is 35.4 Å². The molecular formula is C17H16FN5O3. The van der Waals surface area contributed by atoms with Gasteiger partial charge in [0.2, 0.25) is 0 Å². The number of anilines is 1. The number of aromatic nitrogens is 4. The number of pyridine rings is 1. The monoisotopic (exact) mass is 357 g/mol. The number of fused-ring (bicyclic) bond motifs is 1. The average molecular weight is 357 g/mol. The summed E-state index contributed by atoms with van der Waals surface area (Å²) in [5.41, 5.74) is 0.478. The van der Waals surface area contributed by atoms with Gasteiger partial charge in [-0.15, -0.1) is 5.10 Å². The smallest absolute Gasteiger partial charge is 0.305 e. The molecule has 26 heavy (non-hydrogen) atoms. The van der Waals surface area contributed by atoms with Crippen LogP contribution in [-0.2, 0) is 4.79 Å². The van der Waals surface area contributed by atoms with Crippen molar-refractivity contribution in [2.75, 3.05) is 11.4 Å². The first-order valence-corrected chi connectivity index (χ1v) is 8.25. The second-order valence-corrected chi connectivity index (χ2v) is 6.25. The number of aliphatic carboxylic acids is 1. The summed E-state index contributed by atoms with van der Waals surface area (Å²) in [4.78, 5) is 32.2. The molecule has 0 aliphatic carbocycles. The number of rotatable bonds is 4. The van der Waals surface area contributed by atoms with Crippen LogP contribution in [0.3, 0.4) is 0 Å². The third-order valence-corrected chi connectivity index (χ3v) is 4.57. The number of hydrogen-bond acceptors (Lipinski definition) is 5. The van der Waals surface area contributed by atoms with Gasteiger partial charge < -0.3 is 15.0 Å². The van der Waals surface area contributed by atoms with Gasteiger partial charge in [-0.2, -0.15) is 4.68 Å². The van der Waals surface area contributed by atoms with E-state index in [1.165, 1.54) is 16.8 Å². The molecular weight excluding hydrogens is 341 g/mol. The molecule has 1 unspecified atom stereocenters. The van der Waals surface area contributed by atoms with Crippen LogP contribution in [0.1, 0.15) is 19.3 Å². The van der Waals surface area contributed by atoms with E-state index in [0.29, 0.717) is 29.1 Å². The second-order valence-electron chi connectivity index (χ2n) is 6.25. The van der Waals surface area contributed by atoms with Crippen LogP contribution in [-0.4, -0.2) is 43.4 Å². The first kappa shape index (κ1) is 16.2. The van der Waals surface area contributed by atoms with Gasteiger partial charge in [0, 0.05) is 30.2 Å². The first-order chi connectivity index (χ1) is 12.5. The van der Waals surface area contributed by atoms with Crippen LogP contribution in [0.2, 0.25) is 0 Å². The van der Waals surface area contributed by atoms with E-state index in [9.17, 15) is 14.0 Å². The summed E-state index contributed by atoms with van der Waals surface area (Å²) < 4.78 is 14.7. The highest BCUT2D eigenvalue weighted by atomic mass is 19.1. The lowest BCUT2D eigenvalue weighted by atomic mass is 10.1. The molecule has 1 aliphatic heterocycles. The summed E-state index contributed by atoms with van der Waals surface area (Å²) in [6.45, 7) is 0.674. The molecule has 1 aliphatic rings. The number of halogens is 1. The van der Waals surface area contributed by atoms with Gasteiger partial charge in [0.25, 0.3) is 5.56 Å². The fraction of sp³-hybridized carbons (Fsp3) is 0.294. The van der Waals surface area contributed by atoms with Gasteiger partial charge >= 0.3 is 5.97 Å². The number of hydrogen-bond donors (Lipinski definition) is 2. The van der Waals surface area contributed by atoms with Crippen LogP contribution in [0.25, 0.3) is 16.7 Å². The van der Waals surface area contributed by atoms with Crippen molar-refractivity contribution in [2.45, 2.75) is 25.3 Å². The van der Waals surface area contributed by atoms with Crippen molar-refractivity contribution in [3.05, 3.63) is 46.8 Å². The zero-order valence-corrected chi connectivity index (χ0v) is 13.7. The van der Waals surface area contributed by atoms with Gasteiger partial charge in [0.15, 0.2) is 0 Å². The summed E-state index contributed by atoms with van der Waals surface area (Å²) in [7, 11) is 0. The van der Waals surface area contributed by atoms with E-state index < -0.39 is 11.8 Å². The van der Waals surface area contributed by atoms with E-state index in [1.807, 2.05) is 4.90 Å². The SMILES string of the molecule is O=C(O)CC1CCCN1c1ccc(=O)n(-c2c[nH]c3ncc(F)cc23)n1. The predicted molar refractivity (Wildman–Crippen MR) is 92.1 cm³/mol. The molecule has 0 radical (unpaired) electrons. The highest BCUT2D eigenvalue weighted by molar-refractivity contribution is 5.85. The van der Waals surface area contributed by atoms with Crippen LogP contribution >= 0.6 is 0 Å². The van der Waals surface area contributed by atoms with E-state index in [2.05, 4.69) is 15.1 Å². The molecule has 0 aromatic carbocycles. The van der Waals surface area contributed by atoms with Crippen molar-refractivity contribution >= 4 is 22.8 Å². The minimum Gasteiger partial charge on any atom is -0.481 e. The molecule has 4 rings (SSSR count). The lowest BCUT2D eigenvalue weighted by Gasteiger charge is -2.24.